The van der Waals surface area contributed by atoms with Crippen molar-refractivity contribution in [2.45, 2.75) is 32.6 Å². The number of nitro groups is 1. The van der Waals surface area contributed by atoms with Crippen LogP contribution in [0.25, 0.3) is 0 Å². The Kier molecular flexibility index (Phi) is 14.7. The van der Waals surface area contributed by atoms with E-state index in [0.717, 1.165) is 18.6 Å². The molecule has 1 unspecified atom stereocenters. The maximum Gasteiger partial charge on any atom is 0.336 e. The summed E-state index contributed by atoms with van der Waals surface area (Å²) < 4.78 is 10.3. The van der Waals surface area contributed by atoms with Crippen LogP contribution in [0, 0.1) is 10.1 Å². The fraction of sp³-hybridized carbons (Fsp3) is 0.385. The van der Waals surface area contributed by atoms with Crippen LogP contribution in [0.1, 0.15) is 38.2 Å². The number of nitrogens with zero attached hydrogens (tertiary/aromatic N) is 1. The molecule has 1 aliphatic rings. The highest BCUT2D eigenvalue weighted by Crippen LogP contribution is 2.40. The van der Waals surface area contributed by atoms with Crippen LogP contribution in [-0.2, 0) is 28.7 Å². The van der Waals surface area contributed by atoms with E-state index in [4.69, 9.17) is 25.4 Å². The SMILES string of the molecule is CCOC(=O)C1=C(CSCCCCN)NC(C)=C(C(=O)OC)C1c1cccc([N+](=O)[O-])c1.O=C(O)C=CC(=O)O. The number of dihydropyridines is 1. The molecule has 0 saturated heterocycles. The van der Waals surface area contributed by atoms with Gasteiger partial charge in [-0.15, -0.1) is 0 Å². The molecule has 1 aliphatic heterocycles. The second-order valence-electron chi connectivity index (χ2n) is 8.11. The van der Waals surface area contributed by atoms with Gasteiger partial charge in [0.25, 0.3) is 5.69 Å². The molecule has 0 bridgehead atoms. The molecule has 13 nitrogen and oxygen atoms in total. The number of hydrogen-bond donors (Lipinski definition) is 4. The van der Waals surface area contributed by atoms with Gasteiger partial charge in [0.2, 0.25) is 0 Å². The fourth-order valence-corrected chi connectivity index (χ4v) is 4.64. The molecule has 1 heterocycles. The first kappa shape index (κ1) is 33.9. The van der Waals surface area contributed by atoms with Crippen molar-refractivity contribution in [1.82, 2.24) is 5.32 Å². The number of carbonyl (C=O) groups excluding carboxylic acids is 2. The van der Waals surface area contributed by atoms with Gasteiger partial charge in [-0.25, -0.2) is 19.2 Å². The minimum absolute atomic E-state index is 0.135. The lowest BCUT2D eigenvalue weighted by molar-refractivity contribution is -0.384. The van der Waals surface area contributed by atoms with Crippen molar-refractivity contribution in [3.8, 4) is 0 Å². The number of nitro benzene ring substituents is 1. The van der Waals surface area contributed by atoms with Crippen molar-refractivity contribution in [3.05, 3.63) is 74.6 Å². The van der Waals surface area contributed by atoms with E-state index in [1.165, 1.54) is 25.3 Å². The second-order valence-corrected chi connectivity index (χ2v) is 9.22. The number of thioether (sulfide) groups is 1. The molecule has 1 aromatic carbocycles. The quantitative estimate of drug-likeness (QED) is 0.0872. The Bertz CT molecular complexity index is 1180. The number of methoxy groups -OCH3 is 1. The van der Waals surface area contributed by atoms with E-state index in [-0.39, 0.29) is 23.4 Å². The molecule has 14 heteroatoms. The number of nitrogens with one attached hydrogen (secondary N) is 1. The molecular formula is C26H33N3O10S. The molecule has 2 rings (SSSR count). The van der Waals surface area contributed by atoms with Gasteiger partial charge in [-0.1, -0.05) is 12.1 Å². The smallest absolute Gasteiger partial charge is 0.336 e. The Morgan fingerprint density at radius 2 is 1.77 bits per heavy atom. The van der Waals surface area contributed by atoms with Gasteiger partial charge in [0.05, 0.1) is 35.7 Å². The largest absolute Gasteiger partial charge is 0.478 e. The van der Waals surface area contributed by atoms with Gasteiger partial charge in [0.15, 0.2) is 0 Å². The van der Waals surface area contributed by atoms with E-state index in [1.54, 1.807) is 31.7 Å². The van der Waals surface area contributed by atoms with Gasteiger partial charge < -0.3 is 30.7 Å². The zero-order valence-corrected chi connectivity index (χ0v) is 23.2. The van der Waals surface area contributed by atoms with Crippen LogP contribution < -0.4 is 11.1 Å². The van der Waals surface area contributed by atoms with Crippen LogP contribution in [0.3, 0.4) is 0 Å². The zero-order valence-electron chi connectivity index (χ0n) is 22.4. The third-order valence-corrected chi connectivity index (χ3v) is 6.39. The number of benzene rings is 1. The van der Waals surface area contributed by atoms with Gasteiger partial charge in [0.1, 0.15) is 0 Å². The number of carboxylic acids is 2. The topological polar surface area (TPSA) is 208 Å². The van der Waals surface area contributed by atoms with E-state index in [9.17, 15) is 29.3 Å². The highest BCUT2D eigenvalue weighted by Gasteiger charge is 2.39. The summed E-state index contributed by atoms with van der Waals surface area (Å²) >= 11 is 1.63. The molecule has 1 aromatic rings. The summed E-state index contributed by atoms with van der Waals surface area (Å²) in [6.07, 6.45) is 2.97. The Morgan fingerprint density at radius 1 is 1.12 bits per heavy atom. The molecule has 218 valence electrons. The van der Waals surface area contributed by atoms with E-state index >= 15 is 0 Å². The maximum absolute atomic E-state index is 13.1. The number of carboxylic acid groups (broad SMARTS) is 2. The van der Waals surface area contributed by atoms with Crippen LogP contribution in [0.5, 0.6) is 0 Å². The molecule has 1 atom stereocenters. The maximum atomic E-state index is 13.1. The Labute approximate surface area is 235 Å². The molecule has 40 heavy (non-hydrogen) atoms. The minimum Gasteiger partial charge on any atom is -0.478 e. The summed E-state index contributed by atoms with van der Waals surface area (Å²) in [4.78, 5) is 55.7. The van der Waals surface area contributed by atoms with Crippen LogP contribution in [0.15, 0.2) is 59.0 Å². The molecular weight excluding hydrogens is 546 g/mol. The first-order chi connectivity index (χ1) is 19.0. The van der Waals surface area contributed by atoms with Crippen molar-refractivity contribution in [1.29, 1.82) is 0 Å². The first-order valence-corrected chi connectivity index (χ1v) is 13.3. The lowest BCUT2D eigenvalue weighted by atomic mass is 9.80. The average molecular weight is 580 g/mol. The molecule has 0 amide bonds. The van der Waals surface area contributed by atoms with Crippen LogP contribution in [0.2, 0.25) is 0 Å². The van der Waals surface area contributed by atoms with Crippen LogP contribution in [-0.4, -0.2) is 70.8 Å². The number of allylic oxidation sites excluding steroid dienone is 1. The molecule has 5 N–H and O–H groups in total. The number of esters is 2. The second kappa shape index (κ2) is 17.4. The Balaban J connectivity index is 0.000000869. The number of aliphatic carboxylic acids is 2. The van der Waals surface area contributed by atoms with E-state index in [1.807, 2.05) is 0 Å². The summed E-state index contributed by atoms with van der Waals surface area (Å²) in [7, 11) is 1.25. The molecule has 0 aliphatic carbocycles. The Hall–Kier alpha value is -4.17. The Morgan fingerprint density at radius 3 is 2.30 bits per heavy atom. The summed E-state index contributed by atoms with van der Waals surface area (Å²) in [5.74, 6) is -3.24. The number of unbranched alkanes of at least 4 members (excludes halogenated alkanes) is 1. The number of nitrogens with two attached hydrogens (primary N) is 1. The lowest BCUT2D eigenvalue weighted by Gasteiger charge is -2.31. The third kappa shape index (κ3) is 10.5. The summed E-state index contributed by atoms with van der Waals surface area (Å²) in [6, 6.07) is 5.92. The van der Waals surface area contributed by atoms with E-state index < -0.39 is 34.7 Å². The standard InChI is InChI=1S/C22H29N3O6S.C4H4O4/c1-4-31-22(27)20-17(13-32-11-6-5-10-23)24-14(2)18(21(26)30-3)19(20)15-8-7-9-16(12-15)25(28)29;5-3(6)1-2-4(7)8/h7-9,12,19,24H,4-6,10-11,13,23H2,1-3H3;1-2H,(H,5,6)(H,7,8). The van der Waals surface area contributed by atoms with Gasteiger partial charge in [0, 0.05) is 41.4 Å². The number of hydrogen-bond acceptors (Lipinski definition) is 11. The molecule has 0 radical (unpaired) electrons. The third-order valence-electron chi connectivity index (χ3n) is 5.32. The van der Waals surface area contributed by atoms with Crippen molar-refractivity contribution >= 4 is 41.3 Å². The van der Waals surface area contributed by atoms with Gasteiger partial charge in [-0.2, -0.15) is 11.8 Å². The highest BCUT2D eigenvalue weighted by molar-refractivity contribution is 7.99. The highest BCUT2D eigenvalue weighted by atomic mass is 32.2. The number of ether oxygens (including phenoxy) is 2. The van der Waals surface area contributed by atoms with Crippen molar-refractivity contribution in [3.63, 3.8) is 0 Å². The number of carbonyl (C=O) groups is 4. The monoisotopic (exact) mass is 579 g/mol. The summed E-state index contributed by atoms with van der Waals surface area (Å²) in [6.45, 7) is 4.18. The molecule has 0 saturated carbocycles. The predicted octanol–water partition coefficient (Wildman–Crippen LogP) is 2.73. The summed E-state index contributed by atoms with van der Waals surface area (Å²) in [5, 5.41) is 30.2. The van der Waals surface area contributed by atoms with Crippen molar-refractivity contribution in [2.24, 2.45) is 5.73 Å². The van der Waals surface area contributed by atoms with E-state index in [2.05, 4.69) is 5.32 Å². The molecule has 0 spiro atoms. The lowest BCUT2D eigenvalue weighted by Crippen LogP contribution is -2.34. The minimum atomic E-state index is -1.26. The van der Waals surface area contributed by atoms with Crippen molar-refractivity contribution < 1.29 is 43.8 Å². The summed E-state index contributed by atoms with van der Waals surface area (Å²) in [5.41, 5.74) is 7.46. The van der Waals surface area contributed by atoms with Gasteiger partial charge in [-0.05, 0) is 44.6 Å². The van der Waals surface area contributed by atoms with Crippen LogP contribution in [0.4, 0.5) is 5.69 Å². The van der Waals surface area contributed by atoms with Gasteiger partial charge in [-0.3, -0.25) is 10.1 Å². The number of non-ortho nitro benzene ring substituents is 1. The number of rotatable bonds is 13. The fourth-order valence-electron chi connectivity index (χ4n) is 3.66. The molecule has 0 aromatic heterocycles. The first-order valence-electron chi connectivity index (χ1n) is 12.1. The van der Waals surface area contributed by atoms with Crippen molar-refractivity contribution in [2.75, 3.05) is 31.8 Å². The average Bonchev–Trinajstić information content (AvgIpc) is 2.91. The normalized spacial score (nSPS) is 14.7. The van der Waals surface area contributed by atoms with E-state index in [0.29, 0.717) is 41.4 Å². The molecule has 0 fully saturated rings. The van der Waals surface area contributed by atoms with Crippen LogP contribution >= 0.6 is 11.8 Å². The predicted molar refractivity (Wildman–Crippen MR) is 147 cm³/mol. The zero-order chi connectivity index (χ0) is 30.2. The van der Waals surface area contributed by atoms with Gasteiger partial charge >= 0.3 is 23.9 Å².